The summed E-state index contributed by atoms with van der Waals surface area (Å²) in [6.45, 7) is 2.61. The lowest BCUT2D eigenvalue weighted by Gasteiger charge is -2.29. The van der Waals surface area contributed by atoms with E-state index in [4.69, 9.17) is 15.2 Å². The molecule has 1 heterocycles. The highest BCUT2D eigenvalue weighted by atomic mass is 32.2. The fraction of sp³-hybridized carbons (Fsp3) is 0.364. The van der Waals surface area contributed by atoms with Crippen LogP contribution in [-0.2, 0) is 12.0 Å². The van der Waals surface area contributed by atoms with Crippen LogP contribution in [0.4, 0.5) is 0 Å². The van der Waals surface area contributed by atoms with E-state index in [2.05, 4.69) is 17.2 Å². The van der Waals surface area contributed by atoms with Gasteiger partial charge in [0.15, 0.2) is 16.7 Å². The zero-order valence-electron chi connectivity index (χ0n) is 17.0. The molecule has 154 valence electrons. The van der Waals surface area contributed by atoms with Crippen LogP contribution in [0.25, 0.3) is 0 Å². The summed E-state index contributed by atoms with van der Waals surface area (Å²) in [5, 5.41) is 3.59. The van der Waals surface area contributed by atoms with E-state index in [0.29, 0.717) is 35.2 Å². The second-order valence-corrected chi connectivity index (χ2v) is 8.21. The maximum atomic E-state index is 12.5. The van der Waals surface area contributed by atoms with Gasteiger partial charge in [-0.1, -0.05) is 30.0 Å². The van der Waals surface area contributed by atoms with E-state index in [9.17, 15) is 4.79 Å². The third-order valence-electron chi connectivity index (χ3n) is 5.11. The van der Waals surface area contributed by atoms with Gasteiger partial charge in [0, 0.05) is 17.9 Å². The fourth-order valence-electron chi connectivity index (χ4n) is 3.33. The van der Waals surface area contributed by atoms with Crippen LogP contribution in [0, 0.1) is 0 Å². The quantitative estimate of drug-likeness (QED) is 0.727. The van der Waals surface area contributed by atoms with Crippen molar-refractivity contribution in [3.63, 3.8) is 0 Å². The van der Waals surface area contributed by atoms with Crippen LogP contribution in [0.15, 0.2) is 47.5 Å². The Balaban J connectivity index is 1.58. The smallest absolute Gasteiger partial charge is 0.251 e. The second-order valence-electron chi connectivity index (χ2n) is 7.09. The second kappa shape index (κ2) is 9.22. The molecule has 0 bridgehead atoms. The number of aliphatic imine (C=N–C) groups is 1. The largest absolute Gasteiger partial charge is 0.493 e. The molecule has 0 aliphatic carbocycles. The van der Waals surface area contributed by atoms with Crippen molar-refractivity contribution in [1.29, 1.82) is 0 Å². The Morgan fingerprint density at radius 1 is 1.17 bits per heavy atom. The van der Waals surface area contributed by atoms with Crippen molar-refractivity contribution in [1.82, 2.24) is 5.32 Å². The van der Waals surface area contributed by atoms with Gasteiger partial charge in [-0.25, -0.2) is 0 Å². The Morgan fingerprint density at radius 2 is 1.90 bits per heavy atom. The Morgan fingerprint density at radius 3 is 2.55 bits per heavy atom. The van der Waals surface area contributed by atoms with E-state index < -0.39 is 0 Å². The minimum Gasteiger partial charge on any atom is -0.493 e. The number of nitrogens with one attached hydrogen (secondary N) is 1. The Bertz CT molecular complexity index is 899. The van der Waals surface area contributed by atoms with Gasteiger partial charge in [0.25, 0.3) is 5.91 Å². The summed E-state index contributed by atoms with van der Waals surface area (Å²) in [6, 6.07) is 13.4. The van der Waals surface area contributed by atoms with Crippen molar-refractivity contribution in [3.05, 3.63) is 59.2 Å². The van der Waals surface area contributed by atoms with E-state index in [-0.39, 0.29) is 11.4 Å². The first-order valence-corrected chi connectivity index (χ1v) is 10.5. The molecule has 3 N–H and O–H groups in total. The van der Waals surface area contributed by atoms with Gasteiger partial charge < -0.3 is 20.5 Å². The zero-order valence-corrected chi connectivity index (χ0v) is 17.8. The molecular formula is C22H27N3O3S. The van der Waals surface area contributed by atoms with Crippen molar-refractivity contribution >= 4 is 22.8 Å². The molecule has 1 atom stereocenters. The average Bonchev–Trinajstić information content (AvgIpc) is 2.73. The van der Waals surface area contributed by atoms with E-state index in [1.54, 1.807) is 26.0 Å². The first-order valence-electron chi connectivity index (χ1n) is 9.53. The zero-order chi connectivity index (χ0) is 20.9. The molecule has 1 amide bonds. The van der Waals surface area contributed by atoms with Crippen LogP contribution >= 0.6 is 11.8 Å². The summed E-state index contributed by atoms with van der Waals surface area (Å²) in [5.41, 5.74) is 8.35. The number of rotatable bonds is 7. The number of carbonyl (C=O) groups excluding carboxylic acids is 1. The molecule has 1 unspecified atom stereocenters. The summed E-state index contributed by atoms with van der Waals surface area (Å²) >= 11 is 1.58. The fourth-order valence-corrected chi connectivity index (χ4v) is 4.31. The summed E-state index contributed by atoms with van der Waals surface area (Å²) in [5.74, 6) is 2.23. The number of thioether (sulfide) groups is 1. The van der Waals surface area contributed by atoms with E-state index in [0.717, 1.165) is 23.3 Å². The number of amidine groups is 1. The van der Waals surface area contributed by atoms with E-state index in [1.165, 1.54) is 0 Å². The van der Waals surface area contributed by atoms with E-state index >= 15 is 0 Å². The minimum absolute atomic E-state index is 0.0932. The molecule has 0 radical (unpaired) electrons. The lowest BCUT2D eigenvalue weighted by atomic mass is 9.89. The maximum Gasteiger partial charge on any atom is 0.251 e. The molecule has 1 aliphatic rings. The molecule has 1 aliphatic heterocycles. The average molecular weight is 414 g/mol. The Labute approximate surface area is 175 Å². The van der Waals surface area contributed by atoms with Gasteiger partial charge in [-0.05, 0) is 55.2 Å². The van der Waals surface area contributed by atoms with Gasteiger partial charge in [0.05, 0.1) is 19.8 Å². The molecule has 0 saturated carbocycles. The standard InChI is InChI=1S/C22H27N3O3S/c1-22(11-13-29-21(23)25-22)17-7-5-16(6-8-17)20(26)24-12-10-15-4-9-18(27-2)19(14-15)28-3/h4-9,14H,10-13H2,1-3H3,(H2,23,25)(H,24,26). The molecule has 2 aromatic rings. The van der Waals surface area contributed by atoms with Crippen molar-refractivity contribution in [2.45, 2.75) is 25.3 Å². The first-order chi connectivity index (χ1) is 13.9. The molecule has 29 heavy (non-hydrogen) atoms. The number of methoxy groups -OCH3 is 2. The predicted octanol–water partition coefficient (Wildman–Crippen LogP) is 3.34. The molecule has 2 aromatic carbocycles. The topological polar surface area (TPSA) is 85.9 Å². The van der Waals surface area contributed by atoms with E-state index in [1.807, 2.05) is 42.5 Å². The van der Waals surface area contributed by atoms with Gasteiger partial charge in [0.2, 0.25) is 0 Å². The Hall–Kier alpha value is -2.67. The van der Waals surface area contributed by atoms with Gasteiger partial charge in [-0.3, -0.25) is 9.79 Å². The first kappa shape index (κ1) is 21.0. The maximum absolute atomic E-state index is 12.5. The molecule has 0 aromatic heterocycles. The van der Waals surface area contributed by atoms with Crippen molar-refractivity contribution in [2.75, 3.05) is 26.5 Å². The number of amides is 1. The number of ether oxygens (including phenoxy) is 2. The van der Waals surface area contributed by atoms with Gasteiger partial charge >= 0.3 is 0 Å². The summed E-state index contributed by atoms with van der Waals surface area (Å²) in [7, 11) is 3.22. The molecule has 7 heteroatoms. The number of nitrogens with zero attached hydrogens (tertiary/aromatic N) is 1. The van der Waals surface area contributed by atoms with Crippen molar-refractivity contribution < 1.29 is 14.3 Å². The highest BCUT2D eigenvalue weighted by Crippen LogP contribution is 2.35. The summed E-state index contributed by atoms with van der Waals surface area (Å²) in [6.07, 6.45) is 1.63. The van der Waals surface area contributed by atoms with Crippen LogP contribution in [0.5, 0.6) is 11.5 Å². The lowest BCUT2D eigenvalue weighted by molar-refractivity contribution is 0.0954. The Kier molecular flexibility index (Phi) is 6.69. The number of hydrogen-bond donors (Lipinski definition) is 2. The van der Waals surface area contributed by atoms with Gasteiger partial charge in [-0.2, -0.15) is 0 Å². The molecule has 0 spiro atoms. The van der Waals surface area contributed by atoms with Crippen LogP contribution in [-0.4, -0.2) is 37.6 Å². The van der Waals surface area contributed by atoms with Crippen molar-refractivity contribution in [2.24, 2.45) is 10.7 Å². The predicted molar refractivity (Wildman–Crippen MR) is 118 cm³/mol. The van der Waals surface area contributed by atoms with Gasteiger partial charge in [-0.15, -0.1) is 0 Å². The van der Waals surface area contributed by atoms with Crippen LogP contribution in [0.2, 0.25) is 0 Å². The molecule has 6 nitrogen and oxygen atoms in total. The number of nitrogens with two attached hydrogens (primary N) is 1. The minimum atomic E-state index is -0.322. The third kappa shape index (κ3) is 5.03. The number of hydrogen-bond acceptors (Lipinski definition) is 6. The van der Waals surface area contributed by atoms with Crippen LogP contribution in [0.3, 0.4) is 0 Å². The summed E-state index contributed by atoms with van der Waals surface area (Å²) < 4.78 is 10.6. The van der Waals surface area contributed by atoms with Crippen LogP contribution in [0.1, 0.15) is 34.8 Å². The molecule has 3 rings (SSSR count). The van der Waals surface area contributed by atoms with Crippen molar-refractivity contribution in [3.8, 4) is 11.5 Å². The number of benzene rings is 2. The molecular weight excluding hydrogens is 386 g/mol. The molecule has 0 saturated heterocycles. The lowest BCUT2D eigenvalue weighted by Crippen LogP contribution is -2.29. The van der Waals surface area contributed by atoms with Gasteiger partial charge in [0.1, 0.15) is 0 Å². The third-order valence-corrected chi connectivity index (χ3v) is 5.91. The summed E-state index contributed by atoms with van der Waals surface area (Å²) in [4.78, 5) is 17.1. The highest BCUT2D eigenvalue weighted by Gasteiger charge is 2.29. The molecule has 0 fully saturated rings. The highest BCUT2D eigenvalue weighted by molar-refractivity contribution is 8.13. The monoisotopic (exact) mass is 413 g/mol. The number of carbonyl (C=O) groups is 1. The van der Waals surface area contributed by atoms with Crippen LogP contribution < -0.4 is 20.5 Å². The SMILES string of the molecule is COc1ccc(CCNC(=O)c2ccc(C3(C)CCSC(N)=N3)cc2)cc1OC. The normalized spacial score (nSPS) is 18.7.